The average molecular weight is 259 g/mol. The van der Waals surface area contributed by atoms with Gasteiger partial charge < -0.3 is 4.74 Å². The number of benzene rings is 1. The Morgan fingerprint density at radius 2 is 2.26 bits per heavy atom. The van der Waals surface area contributed by atoms with Crippen molar-refractivity contribution >= 4 is 17.0 Å². The Hall–Kier alpha value is -2.17. The molecule has 0 aliphatic carbocycles. The summed E-state index contributed by atoms with van der Waals surface area (Å²) in [5.74, 6) is -0.196. The van der Waals surface area contributed by atoms with Crippen molar-refractivity contribution in [3.63, 3.8) is 0 Å². The van der Waals surface area contributed by atoms with Gasteiger partial charge in [-0.3, -0.25) is 4.79 Å². The summed E-state index contributed by atoms with van der Waals surface area (Å²) in [5, 5.41) is 8.28. The Labute approximate surface area is 111 Å². The van der Waals surface area contributed by atoms with Gasteiger partial charge in [0.25, 0.3) is 0 Å². The van der Waals surface area contributed by atoms with Crippen LogP contribution in [0.25, 0.3) is 11.0 Å². The zero-order valence-corrected chi connectivity index (χ0v) is 11.1. The zero-order chi connectivity index (χ0) is 13.8. The summed E-state index contributed by atoms with van der Waals surface area (Å²) in [6.45, 7) is 5.81. The number of aromatic nitrogens is 3. The maximum Gasteiger partial charge on any atom is 0.305 e. The maximum absolute atomic E-state index is 11.4. The van der Waals surface area contributed by atoms with Crippen LogP contribution in [-0.4, -0.2) is 28.1 Å². The van der Waals surface area contributed by atoms with Gasteiger partial charge in [-0.15, -0.1) is 11.7 Å². The van der Waals surface area contributed by atoms with E-state index >= 15 is 0 Å². The molecule has 2 atom stereocenters. The summed E-state index contributed by atoms with van der Waals surface area (Å²) in [5.41, 5.74) is 1.77. The lowest BCUT2D eigenvalue weighted by atomic mass is 9.98. The molecule has 2 unspecified atom stereocenters. The van der Waals surface area contributed by atoms with Crippen molar-refractivity contribution in [1.29, 1.82) is 0 Å². The SMILES string of the molecule is C=CC(C(C)CC(=O)OC)n1nnc2ccccc21. The van der Waals surface area contributed by atoms with Crippen LogP contribution in [0.3, 0.4) is 0 Å². The summed E-state index contributed by atoms with van der Waals surface area (Å²) < 4.78 is 6.50. The van der Waals surface area contributed by atoms with E-state index in [1.165, 1.54) is 7.11 Å². The number of para-hydroxylation sites is 1. The van der Waals surface area contributed by atoms with Crippen molar-refractivity contribution in [2.45, 2.75) is 19.4 Å². The molecule has 1 heterocycles. The summed E-state index contributed by atoms with van der Waals surface area (Å²) in [7, 11) is 1.39. The Balaban J connectivity index is 2.31. The largest absolute Gasteiger partial charge is 0.469 e. The van der Waals surface area contributed by atoms with Gasteiger partial charge in [-0.05, 0) is 18.1 Å². The number of nitrogens with zero attached hydrogens (tertiary/aromatic N) is 3. The highest BCUT2D eigenvalue weighted by Gasteiger charge is 2.22. The Bertz CT molecular complexity index is 591. The molecular weight excluding hydrogens is 242 g/mol. The summed E-state index contributed by atoms with van der Waals surface area (Å²) in [6.07, 6.45) is 2.11. The molecule has 100 valence electrons. The fourth-order valence-corrected chi connectivity index (χ4v) is 2.15. The molecule has 0 saturated carbocycles. The van der Waals surface area contributed by atoms with Crippen molar-refractivity contribution in [1.82, 2.24) is 15.0 Å². The first-order valence-corrected chi connectivity index (χ1v) is 6.16. The van der Waals surface area contributed by atoms with E-state index in [-0.39, 0.29) is 17.9 Å². The van der Waals surface area contributed by atoms with Crippen molar-refractivity contribution in [3.05, 3.63) is 36.9 Å². The molecular formula is C14H17N3O2. The smallest absolute Gasteiger partial charge is 0.305 e. The van der Waals surface area contributed by atoms with E-state index in [1.54, 1.807) is 10.8 Å². The molecule has 5 nitrogen and oxygen atoms in total. The fourth-order valence-electron chi connectivity index (χ4n) is 2.15. The topological polar surface area (TPSA) is 57.0 Å². The van der Waals surface area contributed by atoms with Crippen LogP contribution in [0.5, 0.6) is 0 Å². The Kier molecular flexibility index (Phi) is 3.94. The van der Waals surface area contributed by atoms with Crippen molar-refractivity contribution in [2.75, 3.05) is 7.11 Å². The van der Waals surface area contributed by atoms with Crippen molar-refractivity contribution < 1.29 is 9.53 Å². The number of carbonyl (C=O) groups is 1. The minimum Gasteiger partial charge on any atom is -0.469 e. The monoisotopic (exact) mass is 259 g/mol. The summed E-state index contributed by atoms with van der Waals surface area (Å²) in [6, 6.07) is 7.63. The summed E-state index contributed by atoms with van der Waals surface area (Å²) >= 11 is 0. The quantitative estimate of drug-likeness (QED) is 0.611. The molecule has 5 heteroatoms. The van der Waals surface area contributed by atoms with Crippen LogP contribution in [0, 0.1) is 5.92 Å². The predicted molar refractivity (Wildman–Crippen MR) is 72.6 cm³/mol. The van der Waals surface area contributed by atoms with Gasteiger partial charge in [0.15, 0.2) is 0 Å². The molecule has 1 aromatic carbocycles. The molecule has 2 rings (SSSR count). The molecule has 0 fully saturated rings. The van der Waals surface area contributed by atoms with E-state index < -0.39 is 0 Å². The molecule has 0 amide bonds. The molecule has 0 N–H and O–H groups in total. The first-order valence-electron chi connectivity index (χ1n) is 6.16. The first-order chi connectivity index (χ1) is 9.17. The van der Waals surface area contributed by atoms with Gasteiger partial charge >= 0.3 is 5.97 Å². The van der Waals surface area contributed by atoms with Crippen molar-refractivity contribution in [2.24, 2.45) is 5.92 Å². The third-order valence-electron chi connectivity index (χ3n) is 3.20. The highest BCUT2D eigenvalue weighted by atomic mass is 16.5. The number of allylic oxidation sites excluding steroid dienone is 1. The highest BCUT2D eigenvalue weighted by Crippen LogP contribution is 2.25. The minimum atomic E-state index is -0.233. The molecule has 0 bridgehead atoms. The van der Waals surface area contributed by atoms with Gasteiger partial charge in [-0.2, -0.15) is 0 Å². The maximum atomic E-state index is 11.4. The normalized spacial score (nSPS) is 14.0. The predicted octanol–water partition coefficient (Wildman–Crippen LogP) is 2.36. The van der Waals surface area contributed by atoms with Crippen LogP contribution in [0.1, 0.15) is 19.4 Å². The van der Waals surface area contributed by atoms with Gasteiger partial charge in [0, 0.05) is 0 Å². The third-order valence-corrected chi connectivity index (χ3v) is 3.20. The number of carbonyl (C=O) groups excluding carboxylic acids is 1. The molecule has 1 aromatic heterocycles. The lowest BCUT2D eigenvalue weighted by Gasteiger charge is -2.20. The molecule has 0 radical (unpaired) electrons. The number of hydrogen-bond acceptors (Lipinski definition) is 4. The average Bonchev–Trinajstić information content (AvgIpc) is 2.84. The molecule has 0 saturated heterocycles. The van der Waals surface area contributed by atoms with E-state index in [4.69, 9.17) is 4.74 Å². The van der Waals surface area contributed by atoms with E-state index in [2.05, 4.69) is 16.9 Å². The van der Waals surface area contributed by atoms with Crippen LogP contribution in [0.15, 0.2) is 36.9 Å². The van der Waals surface area contributed by atoms with Crippen LogP contribution < -0.4 is 0 Å². The van der Waals surface area contributed by atoms with E-state index in [0.29, 0.717) is 6.42 Å². The molecule has 0 spiro atoms. The standard InChI is InChI=1S/C14H17N3O2/c1-4-12(10(2)9-14(18)19-3)17-13-8-6-5-7-11(13)15-16-17/h4-8,10,12H,1,9H2,2-3H3. The summed E-state index contributed by atoms with van der Waals surface area (Å²) in [4.78, 5) is 11.4. The number of rotatable bonds is 5. The molecule has 0 aliphatic rings. The lowest BCUT2D eigenvalue weighted by molar-refractivity contribution is -0.141. The highest BCUT2D eigenvalue weighted by molar-refractivity contribution is 5.74. The number of methoxy groups -OCH3 is 1. The first kappa shape index (κ1) is 13.3. The fraction of sp³-hybridized carbons (Fsp3) is 0.357. The van der Waals surface area contributed by atoms with Crippen LogP contribution in [0.2, 0.25) is 0 Å². The second kappa shape index (κ2) is 5.65. The van der Waals surface area contributed by atoms with E-state index in [1.807, 2.05) is 31.2 Å². The Morgan fingerprint density at radius 1 is 1.53 bits per heavy atom. The number of esters is 1. The molecule has 19 heavy (non-hydrogen) atoms. The minimum absolute atomic E-state index is 0.0371. The second-order valence-corrected chi connectivity index (χ2v) is 4.51. The van der Waals surface area contributed by atoms with Gasteiger partial charge in [0.1, 0.15) is 5.52 Å². The molecule has 2 aromatic rings. The van der Waals surface area contributed by atoms with Crippen LogP contribution >= 0.6 is 0 Å². The van der Waals surface area contributed by atoms with Crippen LogP contribution in [0.4, 0.5) is 0 Å². The number of hydrogen-bond donors (Lipinski definition) is 0. The molecule has 0 aliphatic heterocycles. The number of fused-ring (bicyclic) bond motifs is 1. The second-order valence-electron chi connectivity index (χ2n) is 4.51. The van der Waals surface area contributed by atoms with Gasteiger partial charge in [-0.1, -0.05) is 30.3 Å². The van der Waals surface area contributed by atoms with E-state index in [9.17, 15) is 4.79 Å². The van der Waals surface area contributed by atoms with Crippen LogP contribution in [-0.2, 0) is 9.53 Å². The van der Waals surface area contributed by atoms with Gasteiger partial charge in [0.05, 0.1) is 25.1 Å². The number of ether oxygens (including phenoxy) is 1. The van der Waals surface area contributed by atoms with Gasteiger partial charge in [0.2, 0.25) is 0 Å². The zero-order valence-electron chi connectivity index (χ0n) is 11.1. The van der Waals surface area contributed by atoms with Gasteiger partial charge in [-0.25, -0.2) is 4.68 Å². The third kappa shape index (κ3) is 2.65. The Morgan fingerprint density at radius 3 is 2.95 bits per heavy atom. The van der Waals surface area contributed by atoms with Crippen molar-refractivity contribution in [3.8, 4) is 0 Å². The van der Waals surface area contributed by atoms with E-state index in [0.717, 1.165) is 11.0 Å². The lowest BCUT2D eigenvalue weighted by Crippen LogP contribution is -2.20.